The van der Waals surface area contributed by atoms with Gasteiger partial charge in [-0.1, -0.05) is 48.0 Å². The van der Waals surface area contributed by atoms with Crippen molar-refractivity contribution in [2.45, 2.75) is 39.7 Å². The van der Waals surface area contributed by atoms with E-state index in [0.717, 1.165) is 12.8 Å². The highest BCUT2D eigenvalue weighted by Gasteiger charge is 2.10. The Morgan fingerprint density at radius 2 is 1.60 bits per heavy atom. The number of aryl methyl sites for hydroxylation is 4. The van der Waals surface area contributed by atoms with Crippen molar-refractivity contribution in [2.75, 3.05) is 7.05 Å². The molecule has 1 N–H and O–H groups in total. The quantitative estimate of drug-likeness (QED) is 0.840. The molecule has 0 saturated carbocycles. The van der Waals surface area contributed by atoms with Crippen molar-refractivity contribution in [3.8, 4) is 0 Å². The smallest absolute Gasteiger partial charge is 0.0320 e. The van der Waals surface area contributed by atoms with Crippen LogP contribution in [0.15, 0.2) is 42.5 Å². The van der Waals surface area contributed by atoms with E-state index in [1.165, 1.54) is 27.8 Å². The molecule has 0 heterocycles. The largest absolute Gasteiger partial charge is 0.313 e. The summed E-state index contributed by atoms with van der Waals surface area (Å²) in [5.41, 5.74) is 6.87. The minimum Gasteiger partial charge on any atom is -0.313 e. The van der Waals surface area contributed by atoms with Gasteiger partial charge in [0.2, 0.25) is 0 Å². The Morgan fingerprint density at radius 3 is 2.20 bits per heavy atom. The van der Waals surface area contributed by atoms with Crippen molar-refractivity contribution in [1.82, 2.24) is 5.32 Å². The molecule has 20 heavy (non-hydrogen) atoms. The van der Waals surface area contributed by atoms with Gasteiger partial charge in [-0.05, 0) is 62.9 Å². The summed E-state index contributed by atoms with van der Waals surface area (Å²) in [7, 11) is 2.05. The molecule has 1 atom stereocenters. The van der Waals surface area contributed by atoms with Crippen LogP contribution in [0.5, 0.6) is 0 Å². The van der Waals surface area contributed by atoms with Crippen LogP contribution in [0.1, 0.15) is 40.3 Å². The average molecular weight is 267 g/mol. The van der Waals surface area contributed by atoms with Crippen molar-refractivity contribution in [1.29, 1.82) is 0 Å². The van der Waals surface area contributed by atoms with Crippen LogP contribution in [0.25, 0.3) is 0 Å². The highest BCUT2D eigenvalue weighted by Crippen LogP contribution is 2.21. The molecule has 0 aliphatic carbocycles. The molecule has 1 heteroatoms. The fraction of sp³-hybridized carbons (Fsp3) is 0.368. The number of rotatable bonds is 5. The molecule has 0 fully saturated rings. The third-order valence-electron chi connectivity index (χ3n) is 4.12. The lowest BCUT2D eigenvalue weighted by molar-refractivity contribution is 0.549. The van der Waals surface area contributed by atoms with Gasteiger partial charge in [0, 0.05) is 6.04 Å². The monoisotopic (exact) mass is 267 g/mol. The summed E-state index contributed by atoms with van der Waals surface area (Å²) in [5.74, 6) is 0. The summed E-state index contributed by atoms with van der Waals surface area (Å²) < 4.78 is 0. The van der Waals surface area contributed by atoms with Crippen LogP contribution in [0.2, 0.25) is 0 Å². The number of hydrogen-bond acceptors (Lipinski definition) is 1. The van der Waals surface area contributed by atoms with E-state index in [0.29, 0.717) is 6.04 Å². The molecule has 0 aromatic heterocycles. The summed E-state index contributed by atoms with van der Waals surface area (Å²) in [4.78, 5) is 0. The predicted molar refractivity (Wildman–Crippen MR) is 87.2 cm³/mol. The Kier molecular flexibility index (Phi) is 4.97. The van der Waals surface area contributed by atoms with Crippen LogP contribution in [0.3, 0.4) is 0 Å². The first-order chi connectivity index (χ1) is 9.60. The van der Waals surface area contributed by atoms with Gasteiger partial charge in [0.1, 0.15) is 0 Å². The summed E-state index contributed by atoms with van der Waals surface area (Å²) >= 11 is 0. The number of nitrogens with one attached hydrogen (secondary N) is 1. The van der Waals surface area contributed by atoms with Crippen molar-refractivity contribution >= 4 is 0 Å². The highest BCUT2D eigenvalue weighted by atomic mass is 14.9. The molecule has 2 aromatic rings. The second-order valence-corrected chi connectivity index (χ2v) is 5.71. The summed E-state index contributed by atoms with van der Waals surface area (Å²) in [6.45, 7) is 6.49. The molecule has 1 nitrogen and oxygen atoms in total. The van der Waals surface area contributed by atoms with Crippen LogP contribution >= 0.6 is 0 Å². The minimum atomic E-state index is 0.426. The Hall–Kier alpha value is -1.60. The van der Waals surface area contributed by atoms with Crippen LogP contribution in [0.4, 0.5) is 0 Å². The topological polar surface area (TPSA) is 12.0 Å². The summed E-state index contributed by atoms with van der Waals surface area (Å²) in [6, 6.07) is 16.1. The molecule has 0 radical (unpaired) electrons. The van der Waals surface area contributed by atoms with Gasteiger partial charge >= 0.3 is 0 Å². The van der Waals surface area contributed by atoms with Gasteiger partial charge in [-0.2, -0.15) is 0 Å². The lowest BCUT2D eigenvalue weighted by atomic mass is 9.96. The molecule has 0 aliphatic rings. The molecular formula is C19H25N. The van der Waals surface area contributed by atoms with Gasteiger partial charge in [-0.15, -0.1) is 0 Å². The molecule has 0 saturated heterocycles. The first-order valence-electron chi connectivity index (χ1n) is 7.40. The maximum Gasteiger partial charge on any atom is 0.0320 e. The first kappa shape index (κ1) is 14.8. The van der Waals surface area contributed by atoms with Gasteiger partial charge in [-0.3, -0.25) is 0 Å². The molecule has 0 bridgehead atoms. The molecule has 2 aromatic carbocycles. The molecule has 106 valence electrons. The van der Waals surface area contributed by atoms with Gasteiger partial charge in [0.25, 0.3) is 0 Å². The first-order valence-corrected chi connectivity index (χ1v) is 7.40. The molecule has 0 spiro atoms. The van der Waals surface area contributed by atoms with E-state index in [4.69, 9.17) is 0 Å². The maximum absolute atomic E-state index is 3.45. The predicted octanol–water partition coefficient (Wildman–Crippen LogP) is 4.51. The fourth-order valence-corrected chi connectivity index (χ4v) is 2.52. The van der Waals surface area contributed by atoms with E-state index in [1.54, 1.807) is 0 Å². The zero-order valence-electron chi connectivity index (χ0n) is 13.0. The molecule has 1 unspecified atom stereocenters. The number of hydrogen-bond donors (Lipinski definition) is 1. The highest BCUT2D eigenvalue weighted by molar-refractivity contribution is 5.32. The fourth-order valence-electron chi connectivity index (χ4n) is 2.52. The third-order valence-corrected chi connectivity index (χ3v) is 4.12. The Morgan fingerprint density at radius 1 is 0.900 bits per heavy atom. The van der Waals surface area contributed by atoms with Gasteiger partial charge in [-0.25, -0.2) is 0 Å². The third kappa shape index (κ3) is 3.71. The Bertz CT molecular complexity index is 554. The lowest BCUT2D eigenvalue weighted by Gasteiger charge is -2.18. The second kappa shape index (κ2) is 6.71. The van der Waals surface area contributed by atoms with E-state index in [-0.39, 0.29) is 0 Å². The van der Waals surface area contributed by atoms with E-state index >= 15 is 0 Å². The number of benzene rings is 2. The Labute approximate surface area is 123 Å². The van der Waals surface area contributed by atoms with Crippen LogP contribution in [0, 0.1) is 20.8 Å². The van der Waals surface area contributed by atoms with Crippen molar-refractivity contribution in [2.24, 2.45) is 0 Å². The SMILES string of the molecule is CNC(CCc1ccc(C)cc1)c1ccc(C)c(C)c1. The van der Waals surface area contributed by atoms with Crippen LogP contribution in [-0.4, -0.2) is 7.05 Å². The standard InChI is InChI=1S/C19H25N/c1-14-5-8-17(9-6-14)10-12-19(20-4)18-11-7-15(2)16(3)13-18/h5-9,11,13,19-20H,10,12H2,1-4H3. The van der Waals surface area contributed by atoms with Gasteiger partial charge in [0.15, 0.2) is 0 Å². The van der Waals surface area contributed by atoms with E-state index in [1.807, 2.05) is 0 Å². The molecule has 0 amide bonds. The zero-order chi connectivity index (χ0) is 14.5. The van der Waals surface area contributed by atoms with Crippen molar-refractivity contribution in [3.63, 3.8) is 0 Å². The summed E-state index contributed by atoms with van der Waals surface area (Å²) in [6.07, 6.45) is 2.24. The molecule has 0 aliphatic heterocycles. The average Bonchev–Trinajstić information content (AvgIpc) is 2.45. The second-order valence-electron chi connectivity index (χ2n) is 5.71. The zero-order valence-corrected chi connectivity index (χ0v) is 13.0. The summed E-state index contributed by atoms with van der Waals surface area (Å²) in [5, 5.41) is 3.45. The van der Waals surface area contributed by atoms with Crippen LogP contribution < -0.4 is 5.32 Å². The molecular weight excluding hydrogens is 242 g/mol. The molecule has 2 rings (SSSR count). The van der Waals surface area contributed by atoms with E-state index in [2.05, 4.69) is 75.6 Å². The minimum absolute atomic E-state index is 0.426. The Balaban J connectivity index is 2.05. The van der Waals surface area contributed by atoms with Crippen molar-refractivity contribution < 1.29 is 0 Å². The van der Waals surface area contributed by atoms with Gasteiger partial charge in [0.05, 0.1) is 0 Å². The maximum atomic E-state index is 3.45. The van der Waals surface area contributed by atoms with Crippen molar-refractivity contribution in [3.05, 3.63) is 70.3 Å². The van der Waals surface area contributed by atoms with Gasteiger partial charge < -0.3 is 5.32 Å². The van der Waals surface area contributed by atoms with E-state index < -0.39 is 0 Å². The lowest BCUT2D eigenvalue weighted by Crippen LogP contribution is -2.17. The normalized spacial score (nSPS) is 12.4. The van der Waals surface area contributed by atoms with Crippen LogP contribution in [-0.2, 0) is 6.42 Å². The van der Waals surface area contributed by atoms with E-state index in [9.17, 15) is 0 Å².